The van der Waals surface area contributed by atoms with Gasteiger partial charge in [-0.3, -0.25) is 9.78 Å². The Kier molecular flexibility index (Phi) is 3.08. The Balaban J connectivity index is 1.96. The molecule has 1 fully saturated rings. The molecule has 0 aliphatic heterocycles. The first-order chi connectivity index (χ1) is 7.77. The lowest BCUT2D eigenvalue weighted by Gasteiger charge is -2.39. The number of nitrogens with zero attached hydrogens (tertiary/aromatic N) is 1. The Morgan fingerprint density at radius 3 is 2.69 bits per heavy atom. The predicted molar refractivity (Wildman–Crippen MR) is 61.0 cm³/mol. The molecular formula is C12H16N2O2. The van der Waals surface area contributed by atoms with Crippen LogP contribution in [0.4, 0.5) is 5.69 Å². The van der Waals surface area contributed by atoms with Crippen molar-refractivity contribution in [3.63, 3.8) is 0 Å². The zero-order valence-corrected chi connectivity index (χ0v) is 9.40. The minimum absolute atomic E-state index is 0.0969. The summed E-state index contributed by atoms with van der Waals surface area (Å²) in [6.07, 6.45) is 6.39. The molecule has 0 bridgehead atoms. The largest absolute Gasteiger partial charge is 0.469 e. The Morgan fingerprint density at radius 2 is 2.19 bits per heavy atom. The third-order valence-corrected chi connectivity index (χ3v) is 3.24. The third-order valence-electron chi connectivity index (χ3n) is 3.24. The zero-order valence-electron chi connectivity index (χ0n) is 9.40. The summed E-state index contributed by atoms with van der Waals surface area (Å²) in [7, 11) is 1.45. The van der Waals surface area contributed by atoms with Crippen LogP contribution in [0.3, 0.4) is 0 Å². The number of carbonyl (C=O) groups excluding carboxylic acids is 1. The quantitative estimate of drug-likeness (QED) is 0.786. The molecule has 16 heavy (non-hydrogen) atoms. The zero-order chi connectivity index (χ0) is 11.4. The minimum Gasteiger partial charge on any atom is -0.469 e. The van der Waals surface area contributed by atoms with E-state index in [4.69, 9.17) is 4.74 Å². The van der Waals surface area contributed by atoms with Crippen LogP contribution in [0.25, 0.3) is 0 Å². The number of aromatic nitrogens is 1. The Morgan fingerprint density at radius 1 is 1.50 bits per heavy atom. The van der Waals surface area contributed by atoms with Crippen molar-refractivity contribution in [2.45, 2.75) is 19.3 Å². The SMILES string of the molecule is COC(=O)C1(CNc2ccncc2)CCC1. The van der Waals surface area contributed by atoms with Gasteiger partial charge in [0.1, 0.15) is 0 Å². The van der Waals surface area contributed by atoms with Gasteiger partial charge in [-0.15, -0.1) is 0 Å². The molecule has 0 unspecified atom stereocenters. The molecule has 2 rings (SSSR count). The summed E-state index contributed by atoms with van der Waals surface area (Å²) in [5, 5.41) is 3.26. The lowest BCUT2D eigenvalue weighted by molar-refractivity contribution is -0.157. The van der Waals surface area contributed by atoms with E-state index in [0.717, 1.165) is 24.9 Å². The molecule has 86 valence electrons. The maximum absolute atomic E-state index is 11.7. The van der Waals surface area contributed by atoms with Crippen molar-refractivity contribution in [1.29, 1.82) is 0 Å². The van der Waals surface area contributed by atoms with Crippen molar-refractivity contribution in [3.8, 4) is 0 Å². The predicted octanol–water partition coefficient (Wildman–Crippen LogP) is 1.84. The standard InChI is InChI=1S/C12H16N2O2/c1-16-11(15)12(5-2-6-12)9-14-10-3-7-13-8-4-10/h3-4,7-8H,2,5-6,9H2,1H3,(H,13,14). The van der Waals surface area contributed by atoms with Crippen molar-refractivity contribution in [2.75, 3.05) is 19.0 Å². The van der Waals surface area contributed by atoms with Gasteiger partial charge < -0.3 is 10.1 Å². The van der Waals surface area contributed by atoms with Gasteiger partial charge in [-0.2, -0.15) is 0 Å². The first-order valence-corrected chi connectivity index (χ1v) is 5.49. The molecule has 0 aromatic carbocycles. The van der Waals surface area contributed by atoms with E-state index in [9.17, 15) is 4.79 Å². The highest BCUT2D eigenvalue weighted by Crippen LogP contribution is 2.41. The number of hydrogen-bond donors (Lipinski definition) is 1. The van der Waals surface area contributed by atoms with Crippen molar-refractivity contribution < 1.29 is 9.53 Å². The van der Waals surface area contributed by atoms with E-state index in [-0.39, 0.29) is 11.4 Å². The average molecular weight is 220 g/mol. The van der Waals surface area contributed by atoms with Gasteiger partial charge in [0.15, 0.2) is 0 Å². The molecule has 4 nitrogen and oxygen atoms in total. The summed E-state index contributed by atoms with van der Waals surface area (Å²) in [4.78, 5) is 15.6. The maximum atomic E-state index is 11.7. The summed E-state index contributed by atoms with van der Waals surface area (Å²) in [5.74, 6) is -0.0969. The average Bonchev–Trinajstić information content (AvgIpc) is 2.28. The van der Waals surface area contributed by atoms with E-state index in [1.54, 1.807) is 12.4 Å². The lowest BCUT2D eigenvalue weighted by atomic mass is 9.68. The van der Waals surface area contributed by atoms with Gasteiger partial charge in [0.25, 0.3) is 0 Å². The normalized spacial score (nSPS) is 17.3. The van der Waals surface area contributed by atoms with Gasteiger partial charge in [0.2, 0.25) is 0 Å². The smallest absolute Gasteiger partial charge is 0.313 e. The second kappa shape index (κ2) is 4.51. The summed E-state index contributed by atoms with van der Waals surface area (Å²) < 4.78 is 4.85. The third kappa shape index (κ3) is 2.01. The van der Waals surface area contributed by atoms with E-state index >= 15 is 0 Å². The summed E-state index contributed by atoms with van der Waals surface area (Å²) in [6.45, 7) is 0.643. The van der Waals surface area contributed by atoms with E-state index in [0.29, 0.717) is 6.54 Å². The molecule has 0 spiro atoms. The molecule has 1 saturated carbocycles. The molecular weight excluding hydrogens is 204 g/mol. The number of ether oxygens (including phenoxy) is 1. The number of pyridine rings is 1. The molecule has 1 aromatic heterocycles. The van der Waals surface area contributed by atoms with Gasteiger partial charge in [0, 0.05) is 24.6 Å². The summed E-state index contributed by atoms with van der Waals surface area (Å²) in [5.41, 5.74) is 0.683. The van der Waals surface area contributed by atoms with Crippen LogP contribution in [0, 0.1) is 5.41 Å². The van der Waals surface area contributed by atoms with Crippen LogP contribution in [0.5, 0.6) is 0 Å². The van der Waals surface area contributed by atoms with E-state index in [1.807, 2.05) is 12.1 Å². The van der Waals surface area contributed by atoms with Crippen molar-refractivity contribution in [1.82, 2.24) is 4.98 Å². The van der Waals surface area contributed by atoms with Crippen LogP contribution in [0.2, 0.25) is 0 Å². The highest BCUT2D eigenvalue weighted by Gasteiger charge is 2.44. The molecule has 0 radical (unpaired) electrons. The number of rotatable bonds is 4. The van der Waals surface area contributed by atoms with Gasteiger partial charge in [-0.25, -0.2) is 0 Å². The van der Waals surface area contributed by atoms with Gasteiger partial charge in [-0.05, 0) is 25.0 Å². The van der Waals surface area contributed by atoms with Gasteiger partial charge in [-0.1, -0.05) is 6.42 Å². The Labute approximate surface area is 95.0 Å². The van der Waals surface area contributed by atoms with Crippen LogP contribution in [-0.2, 0) is 9.53 Å². The number of esters is 1. The van der Waals surface area contributed by atoms with Gasteiger partial charge >= 0.3 is 5.97 Å². The number of methoxy groups -OCH3 is 1. The molecule has 0 saturated heterocycles. The highest BCUT2D eigenvalue weighted by atomic mass is 16.5. The highest BCUT2D eigenvalue weighted by molar-refractivity contribution is 5.78. The van der Waals surface area contributed by atoms with Crippen LogP contribution in [0.15, 0.2) is 24.5 Å². The maximum Gasteiger partial charge on any atom is 0.313 e. The lowest BCUT2D eigenvalue weighted by Crippen LogP contribution is -2.44. The molecule has 1 aliphatic rings. The first-order valence-electron chi connectivity index (χ1n) is 5.49. The molecule has 1 aliphatic carbocycles. The fourth-order valence-electron chi connectivity index (χ4n) is 2.01. The molecule has 0 amide bonds. The van der Waals surface area contributed by atoms with E-state index < -0.39 is 0 Å². The second-order valence-corrected chi connectivity index (χ2v) is 4.21. The second-order valence-electron chi connectivity index (χ2n) is 4.21. The first kappa shape index (κ1) is 10.9. The van der Waals surface area contributed by atoms with Crippen molar-refractivity contribution >= 4 is 11.7 Å². The van der Waals surface area contributed by atoms with Crippen LogP contribution in [-0.4, -0.2) is 24.6 Å². The Bertz CT molecular complexity index is 361. The molecule has 1 aromatic rings. The molecule has 1 N–H and O–H groups in total. The molecule has 0 atom stereocenters. The molecule has 4 heteroatoms. The van der Waals surface area contributed by atoms with Crippen LogP contribution < -0.4 is 5.32 Å². The molecule has 1 heterocycles. The number of carbonyl (C=O) groups is 1. The van der Waals surface area contributed by atoms with Gasteiger partial charge in [0.05, 0.1) is 12.5 Å². The fourth-order valence-corrected chi connectivity index (χ4v) is 2.01. The minimum atomic E-state index is -0.308. The summed E-state index contributed by atoms with van der Waals surface area (Å²) in [6, 6.07) is 3.79. The monoisotopic (exact) mass is 220 g/mol. The van der Waals surface area contributed by atoms with Crippen LogP contribution in [0.1, 0.15) is 19.3 Å². The summed E-state index contributed by atoms with van der Waals surface area (Å²) >= 11 is 0. The van der Waals surface area contributed by atoms with Crippen molar-refractivity contribution in [2.24, 2.45) is 5.41 Å². The van der Waals surface area contributed by atoms with Crippen LogP contribution >= 0.6 is 0 Å². The number of anilines is 1. The van der Waals surface area contributed by atoms with E-state index in [2.05, 4.69) is 10.3 Å². The van der Waals surface area contributed by atoms with Crippen molar-refractivity contribution in [3.05, 3.63) is 24.5 Å². The Hall–Kier alpha value is -1.58. The topological polar surface area (TPSA) is 51.2 Å². The van der Waals surface area contributed by atoms with E-state index in [1.165, 1.54) is 7.11 Å². The number of nitrogens with one attached hydrogen (secondary N) is 1. The number of hydrogen-bond acceptors (Lipinski definition) is 4. The fraction of sp³-hybridized carbons (Fsp3) is 0.500.